The van der Waals surface area contributed by atoms with Gasteiger partial charge in [0.05, 0.1) is 4.88 Å². The van der Waals surface area contributed by atoms with Crippen molar-refractivity contribution >= 4 is 33.2 Å². The number of thiophene rings is 1. The fourth-order valence-electron chi connectivity index (χ4n) is 3.58. The normalized spacial score (nSPS) is 20.1. The van der Waals surface area contributed by atoms with Crippen LogP contribution in [0.1, 0.15) is 42.3 Å². The van der Waals surface area contributed by atoms with Gasteiger partial charge in [0.15, 0.2) is 0 Å². The summed E-state index contributed by atoms with van der Waals surface area (Å²) in [5, 5.41) is 3.94. The van der Waals surface area contributed by atoms with Crippen molar-refractivity contribution in [1.82, 2.24) is 10.2 Å². The number of benzene rings is 1. The molecule has 1 aromatic carbocycles. The van der Waals surface area contributed by atoms with Gasteiger partial charge in [-0.15, -0.1) is 11.3 Å². The molecule has 1 aromatic heterocycles. The van der Waals surface area contributed by atoms with Crippen molar-refractivity contribution in [2.75, 3.05) is 13.1 Å². The lowest BCUT2D eigenvalue weighted by Gasteiger charge is -2.33. The molecule has 0 unspecified atom stereocenters. The summed E-state index contributed by atoms with van der Waals surface area (Å²) in [5.41, 5.74) is 0.556. The van der Waals surface area contributed by atoms with Crippen LogP contribution in [0.2, 0.25) is 0 Å². The largest absolute Gasteiger partial charge is 0.341 e. The predicted molar refractivity (Wildman–Crippen MR) is 96.2 cm³/mol. The SMILES string of the molecule is C[C@H](NC(=O)c1cc2ccccc2s1)C(=O)N1CCC2(CC1)CC2. The van der Waals surface area contributed by atoms with Gasteiger partial charge in [0, 0.05) is 17.8 Å². The minimum Gasteiger partial charge on any atom is -0.341 e. The Hall–Kier alpha value is -1.88. The van der Waals surface area contributed by atoms with Gasteiger partial charge in [-0.3, -0.25) is 9.59 Å². The summed E-state index contributed by atoms with van der Waals surface area (Å²) in [6.45, 7) is 3.46. The molecule has 2 amide bonds. The van der Waals surface area contributed by atoms with Crippen LogP contribution in [-0.2, 0) is 4.79 Å². The number of likely N-dealkylation sites (tertiary alicyclic amines) is 1. The summed E-state index contributed by atoms with van der Waals surface area (Å²) in [7, 11) is 0. The minimum absolute atomic E-state index is 0.0416. The standard InChI is InChI=1S/C19H22N2O2S/c1-13(18(23)21-10-8-19(6-7-19)9-11-21)20-17(22)16-12-14-4-2-3-5-15(14)24-16/h2-5,12-13H,6-11H2,1H3,(H,20,22)/t13-/m0/s1. The topological polar surface area (TPSA) is 49.4 Å². The third-order valence-corrected chi connectivity index (χ3v) is 6.58. The molecule has 1 saturated carbocycles. The number of nitrogens with one attached hydrogen (secondary N) is 1. The number of carbonyl (C=O) groups excluding carboxylic acids is 2. The van der Waals surface area contributed by atoms with Gasteiger partial charge < -0.3 is 10.2 Å². The molecule has 1 aliphatic carbocycles. The monoisotopic (exact) mass is 342 g/mol. The van der Waals surface area contributed by atoms with Crippen molar-refractivity contribution in [2.24, 2.45) is 5.41 Å². The highest BCUT2D eigenvalue weighted by atomic mass is 32.1. The first-order chi connectivity index (χ1) is 11.6. The summed E-state index contributed by atoms with van der Waals surface area (Å²) < 4.78 is 1.09. The lowest BCUT2D eigenvalue weighted by Crippen LogP contribution is -2.49. The molecule has 24 heavy (non-hydrogen) atoms. The highest BCUT2D eigenvalue weighted by molar-refractivity contribution is 7.20. The van der Waals surface area contributed by atoms with Crippen LogP contribution in [0.5, 0.6) is 0 Å². The zero-order chi connectivity index (χ0) is 16.7. The molecule has 2 fully saturated rings. The quantitative estimate of drug-likeness (QED) is 0.929. The molecule has 0 radical (unpaired) electrons. The van der Waals surface area contributed by atoms with E-state index in [2.05, 4.69) is 5.32 Å². The van der Waals surface area contributed by atoms with Crippen LogP contribution in [0.4, 0.5) is 0 Å². The first-order valence-corrected chi connectivity index (χ1v) is 9.46. The fourth-order valence-corrected chi connectivity index (χ4v) is 4.54. The fraction of sp³-hybridized carbons (Fsp3) is 0.474. The number of rotatable bonds is 3. The second-order valence-corrected chi connectivity index (χ2v) is 8.25. The molecule has 2 heterocycles. The molecule has 1 spiro atoms. The first-order valence-electron chi connectivity index (χ1n) is 8.65. The zero-order valence-corrected chi connectivity index (χ0v) is 14.7. The second-order valence-electron chi connectivity index (χ2n) is 7.17. The van der Waals surface area contributed by atoms with Gasteiger partial charge in [-0.25, -0.2) is 0 Å². The molecule has 5 heteroatoms. The maximum atomic E-state index is 12.6. The molecule has 1 aliphatic heterocycles. The summed E-state index contributed by atoms with van der Waals surface area (Å²) in [4.78, 5) is 27.6. The Labute approximate surface area is 145 Å². The molecule has 2 aromatic rings. The van der Waals surface area contributed by atoms with E-state index in [1.807, 2.05) is 35.2 Å². The molecule has 2 aliphatic rings. The van der Waals surface area contributed by atoms with E-state index in [0.29, 0.717) is 10.3 Å². The van der Waals surface area contributed by atoms with Gasteiger partial charge in [-0.1, -0.05) is 18.2 Å². The van der Waals surface area contributed by atoms with E-state index < -0.39 is 6.04 Å². The van der Waals surface area contributed by atoms with E-state index in [1.165, 1.54) is 24.2 Å². The van der Waals surface area contributed by atoms with Gasteiger partial charge in [0.25, 0.3) is 5.91 Å². The first kappa shape index (κ1) is 15.6. The number of piperidine rings is 1. The summed E-state index contributed by atoms with van der Waals surface area (Å²) in [5.74, 6) is -0.118. The average Bonchev–Trinajstić information content (AvgIpc) is 3.20. The molecule has 1 saturated heterocycles. The van der Waals surface area contributed by atoms with Crippen molar-refractivity contribution in [2.45, 2.75) is 38.6 Å². The molecule has 4 rings (SSSR count). The number of fused-ring (bicyclic) bond motifs is 1. The molecular formula is C19H22N2O2S. The van der Waals surface area contributed by atoms with Crippen molar-refractivity contribution in [3.63, 3.8) is 0 Å². The highest BCUT2D eigenvalue weighted by Crippen LogP contribution is 2.53. The van der Waals surface area contributed by atoms with Crippen molar-refractivity contribution in [3.05, 3.63) is 35.2 Å². The van der Waals surface area contributed by atoms with Crippen molar-refractivity contribution in [1.29, 1.82) is 0 Å². The lowest BCUT2D eigenvalue weighted by atomic mass is 9.93. The van der Waals surface area contributed by atoms with Gasteiger partial charge in [-0.05, 0) is 55.5 Å². The number of hydrogen-bond acceptors (Lipinski definition) is 3. The van der Waals surface area contributed by atoms with Crippen molar-refractivity contribution in [3.8, 4) is 0 Å². The van der Waals surface area contributed by atoms with E-state index in [0.717, 1.165) is 36.0 Å². The molecular weight excluding hydrogens is 320 g/mol. The highest BCUT2D eigenvalue weighted by Gasteiger charge is 2.45. The van der Waals surface area contributed by atoms with Gasteiger partial charge in [0.2, 0.25) is 5.91 Å². The Morgan fingerprint density at radius 2 is 1.88 bits per heavy atom. The summed E-state index contributed by atoms with van der Waals surface area (Å²) in [6.07, 6.45) is 4.89. The Kier molecular flexibility index (Phi) is 3.83. The molecule has 0 bridgehead atoms. The number of amides is 2. The third kappa shape index (κ3) is 2.93. The summed E-state index contributed by atoms with van der Waals surface area (Å²) in [6, 6.07) is 9.35. The molecule has 126 valence electrons. The predicted octanol–water partition coefficient (Wildman–Crippen LogP) is 3.42. The van der Waals surface area contributed by atoms with Gasteiger partial charge in [-0.2, -0.15) is 0 Å². The van der Waals surface area contributed by atoms with Crippen LogP contribution in [0.15, 0.2) is 30.3 Å². The van der Waals surface area contributed by atoms with E-state index in [4.69, 9.17) is 0 Å². The third-order valence-electron chi connectivity index (χ3n) is 5.46. The Morgan fingerprint density at radius 3 is 2.54 bits per heavy atom. The van der Waals surface area contributed by atoms with Crippen LogP contribution in [0.25, 0.3) is 10.1 Å². The van der Waals surface area contributed by atoms with Crippen LogP contribution < -0.4 is 5.32 Å². The maximum absolute atomic E-state index is 12.6. The summed E-state index contributed by atoms with van der Waals surface area (Å²) >= 11 is 1.47. The van der Waals surface area contributed by atoms with Crippen LogP contribution in [0.3, 0.4) is 0 Å². The molecule has 1 N–H and O–H groups in total. The van der Waals surface area contributed by atoms with E-state index in [9.17, 15) is 9.59 Å². The van der Waals surface area contributed by atoms with Crippen LogP contribution in [0, 0.1) is 5.41 Å². The van der Waals surface area contributed by atoms with E-state index in [1.54, 1.807) is 6.92 Å². The van der Waals surface area contributed by atoms with E-state index in [-0.39, 0.29) is 11.8 Å². The second kappa shape index (κ2) is 5.88. The van der Waals surface area contributed by atoms with Crippen LogP contribution in [-0.4, -0.2) is 35.8 Å². The Balaban J connectivity index is 1.38. The van der Waals surface area contributed by atoms with Gasteiger partial charge in [0.1, 0.15) is 6.04 Å². The minimum atomic E-state index is -0.476. The number of carbonyl (C=O) groups is 2. The molecule has 1 atom stereocenters. The Bertz CT molecular complexity index is 751. The van der Waals surface area contributed by atoms with Crippen LogP contribution >= 0.6 is 11.3 Å². The zero-order valence-electron chi connectivity index (χ0n) is 13.9. The smallest absolute Gasteiger partial charge is 0.262 e. The van der Waals surface area contributed by atoms with E-state index >= 15 is 0 Å². The maximum Gasteiger partial charge on any atom is 0.262 e. The number of nitrogens with zero attached hydrogens (tertiary/aromatic N) is 1. The lowest BCUT2D eigenvalue weighted by molar-refractivity contribution is -0.134. The molecule has 4 nitrogen and oxygen atoms in total. The average molecular weight is 342 g/mol. The van der Waals surface area contributed by atoms with Gasteiger partial charge >= 0.3 is 0 Å². The number of hydrogen-bond donors (Lipinski definition) is 1. The Morgan fingerprint density at radius 1 is 1.17 bits per heavy atom. The van der Waals surface area contributed by atoms with Crippen molar-refractivity contribution < 1.29 is 9.59 Å².